The van der Waals surface area contributed by atoms with Crippen molar-refractivity contribution in [2.75, 3.05) is 0 Å². The minimum absolute atomic E-state index is 0.373. The number of hydrogen-bond acceptors (Lipinski definition) is 4. The van der Waals surface area contributed by atoms with Crippen molar-refractivity contribution in [3.63, 3.8) is 0 Å². The second-order valence-electron chi connectivity index (χ2n) is 5.44. The maximum atomic E-state index is 12.4. The Morgan fingerprint density at radius 1 is 1.09 bits per heavy atom. The molecular weight excluding hydrogens is 282 g/mol. The predicted molar refractivity (Wildman–Crippen MR) is 81.3 cm³/mol. The fourth-order valence-corrected chi connectivity index (χ4v) is 2.65. The fraction of sp³-hybridized carbons (Fsp3) is 0.471. The van der Waals surface area contributed by atoms with E-state index in [4.69, 9.17) is 4.74 Å². The van der Waals surface area contributed by atoms with Crippen molar-refractivity contribution in [3.8, 4) is 0 Å². The number of fused-ring (bicyclic) bond motifs is 1. The number of benzene rings is 1. The van der Waals surface area contributed by atoms with Gasteiger partial charge in [-0.15, -0.1) is 0 Å². The van der Waals surface area contributed by atoms with Gasteiger partial charge in [0, 0.05) is 13.3 Å². The number of amides is 2. The highest BCUT2D eigenvalue weighted by Gasteiger charge is 2.40. The lowest BCUT2D eigenvalue weighted by Crippen LogP contribution is -2.42. The van der Waals surface area contributed by atoms with Gasteiger partial charge >= 0.3 is 5.97 Å². The minimum atomic E-state index is -0.818. The molecule has 0 aromatic heterocycles. The largest absolute Gasteiger partial charge is 0.441 e. The molecule has 5 nitrogen and oxygen atoms in total. The zero-order valence-electron chi connectivity index (χ0n) is 13.0. The summed E-state index contributed by atoms with van der Waals surface area (Å²) in [4.78, 5) is 37.3. The molecule has 1 heterocycles. The van der Waals surface area contributed by atoms with Crippen LogP contribution in [0.5, 0.6) is 0 Å². The van der Waals surface area contributed by atoms with Crippen molar-refractivity contribution in [1.82, 2.24) is 4.90 Å². The van der Waals surface area contributed by atoms with Crippen LogP contribution in [0.3, 0.4) is 0 Å². The molecule has 2 amide bonds. The molecule has 0 bridgehead atoms. The number of hydrogen-bond donors (Lipinski definition) is 0. The molecule has 0 spiro atoms. The summed E-state index contributed by atoms with van der Waals surface area (Å²) in [5.74, 6) is -1.26. The molecule has 1 atom stereocenters. The summed E-state index contributed by atoms with van der Waals surface area (Å²) in [6.07, 6.45) is 3.61. The number of unbranched alkanes of at least 4 members (excludes halogenated alkanes) is 3. The highest BCUT2D eigenvalue weighted by atomic mass is 16.6. The van der Waals surface area contributed by atoms with Gasteiger partial charge in [0.15, 0.2) is 6.23 Å². The van der Waals surface area contributed by atoms with E-state index in [1.54, 1.807) is 24.3 Å². The topological polar surface area (TPSA) is 63.7 Å². The van der Waals surface area contributed by atoms with Crippen molar-refractivity contribution in [3.05, 3.63) is 35.4 Å². The quantitative estimate of drug-likeness (QED) is 0.441. The molecule has 0 N–H and O–H groups in total. The standard InChI is InChI=1S/C17H21NO4/c1-3-4-5-6-11-15(22-12(2)19)18-16(20)13-9-7-8-10-14(13)17(18)21/h7-10,15H,3-6,11H2,1-2H3. The van der Waals surface area contributed by atoms with E-state index >= 15 is 0 Å². The number of carbonyl (C=O) groups excluding carboxylic acids is 3. The van der Waals surface area contributed by atoms with E-state index in [0.717, 1.165) is 30.6 Å². The number of esters is 1. The van der Waals surface area contributed by atoms with E-state index in [2.05, 4.69) is 6.92 Å². The fourth-order valence-electron chi connectivity index (χ4n) is 2.65. The predicted octanol–water partition coefficient (Wildman–Crippen LogP) is 3.14. The molecule has 1 aromatic carbocycles. The maximum absolute atomic E-state index is 12.4. The number of carbonyl (C=O) groups is 3. The Labute approximate surface area is 130 Å². The van der Waals surface area contributed by atoms with E-state index in [0.29, 0.717) is 17.5 Å². The van der Waals surface area contributed by atoms with Gasteiger partial charge in [-0.25, -0.2) is 4.90 Å². The summed E-state index contributed by atoms with van der Waals surface area (Å²) in [5.41, 5.74) is 0.747. The van der Waals surface area contributed by atoms with Crippen molar-refractivity contribution >= 4 is 17.8 Å². The van der Waals surface area contributed by atoms with Gasteiger partial charge in [0.1, 0.15) is 0 Å². The normalized spacial score (nSPS) is 14.9. The van der Waals surface area contributed by atoms with E-state index in [-0.39, 0.29) is 11.8 Å². The molecular formula is C17H21NO4. The van der Waals surface area contributed by atoms with Gasteiger partial charge in [0.25, 0.3) is 11.8 Å². The van der Waals surface area contributed by atoms with Crippen LogP contribution in [0.25, 0.3) is 0 Å². The third-order valence-corrected chi connectivity index (χ3v) is 3.72. The van der Waals surface area contributed by atoms with Crippen LogP contribution in [0.15, 0.2) is 24.3 Å². The molecule has 0 radical (unpaired) electrons. The van der Waals surface area contributed by atoms with E-state index in [9.17, 15) is 14.4 Å². The van der Waals surface area contributed by atoms with Crippen LogP contribution < -0.4 is 0 Å². The number of nitrogens with zero attached hydrogens (tertiary/aromatic N) is 1. The third kappa shape index (κ3) is 3.35. The van der Waals surface area contributed by atoms with Gasteiger partial charge < -0.3 is 4.74 Å². The third-order valence-electron chi connectivity index (χ3n) is 3.72. The summed E-state index contributed by atoms with van der Waals surface area (Å²) in [6, 6.07) is 6.68. The average Bonchev–Trinajstić information content (AvgIpc) is 2.74. The van der Waals surface area contributed by atoms with Crippen molar-refractivity contribution < 1.29 is 19.1 Å². The van der Waals surface area contributed by atoms with Gasteiger partial charge in [-0.3, -0.25) is 14.4 Å². The van der Waals surface area contributed by atoms with Crippen LogP contribution in [0.2, 0.25) is 0 Å². The van der Waals surface area contributed by atoms with Crippen LogP contribution in [-0.4, -0.2) is 28.9 Å². The molecule has 0 fully saturated rings. The van der Waals surface area contributed by atoms with E-state index < -0.39 is 12.2 Å². The zero-order valence-corrected chi connectivity index (χ0v) is 13.0. The van der Waals surface area contributed by atoms with Gasteiger partial charge in [0.05, 0.1) is 11.1 Å². The first-order chi connectivity index (χ1) is 10.6. The summed E-state index contributed by atoms with van der Waals surface area (Å²) >= 11 is 0. The van der Waals surface area contributed by atoms with Gasteiger partial charge in [-0.05, 0) is 18.6 Å². The molecule has 0 saturated carbocycles. The summed E-state index contributed by atoms with van der Waals surface area (Å²) < 4.78 is 5.23. The maximum Gasteiger partial charge on any atom is 0.304 e. The smallest absolute Gasteiger partial charge is 0.304 e. The molecule has 118 valence electrons. The average molecular weight is 303 g/mol. The highest BCUT2D eigenvalue weighted by molar-refractivity contribution is 6.21. The first-order valence-electron chi connectivity index (χ1n) is 7.70. The van der Waals surface area contributed by atoms with Crippen LogP contribution in [0.4, 0.5) is 0 Å². The first kappa shape index (κ1) is 16.2. The Kier molecular flexibility index (Phi) is 5.31. The summed E-state index contributed by atoms with van der Waals surface area (Å²) in [5, 5.41) is 0. The molecule has 1 aliphatic heterocycles. The van der Waals surface area contributed by atoms with Crippen molar-refractivity contribution in [1.29, 1.82) is 0 Å². The Bertz CT molecular complexity index is 547. The monoisotopic (exact) mass is 303 g/mol. The Morgan fingerprint density at radius 2 is 1.68 bits per heavy atom. The van der Waals surface area contributed by atoms with Gasteiger partial charge in [-0.1, -0.05) is 38.3 Å². The Morgan fingerprint density at radius 3 is 2.18 bits per heavy atom. The molecule has 22 heavy (non-hydrogen) atoms. The van der Waals surface area contributed by atoms with Crippen LogP contribution >= 0.6 is 0 Å². The Hall–Kier alpha value is -2.17. The van der Waals surface area contributed by atoms with Crippen LogP contribution in [-0.2, 0) is 9.53 Å². The second kappa shape index (κ2) is 7.20. The van der Waals surface area contributed by atoms with Crippen molar-refractivity contribution in [2.45, 2.75) is 52.2 Å². The minimum Gasteiger partial charge on any atom is -0.441 e. The van der Waals surface area contributed by atoms with E-state index in [1.807, 2.05) is 0 Å². The van der Waals surface area contributed by atoms with Gasteiger partial charge in [-0.2, -0.15) is 0 Å². The molecule has 1 aliphatic rings. The number of imide groups is 1. The lowest BCUT2D eigenvalue weighted by Gasteiger charge is -2.25. The van der Waals surface area contributed by atoms with Crippen molar-refractivity contribution in [2.24, 2.45) is 0 Å². The van der Waals surface area contributed by atoms with Crippen LogP contribution in [0.1, 0.15) is 66.7 Å². The second-order valence-corrected chi connectivity index (χ2v) is 5.44. The molecule has 1 unspecified atom stereocenters. The van der Waals surface area contributed by atoms with Gasteiger partial charge in [0.2, 0.25) is 0 Å². The zero-order chi connectivity index (χ0) is 16.1. The molecule has 0 aliphatic carbocycles. The first-order valence-corrected chi connectivity index (χ1v) is 7.70. The highest BCUT2D eigenvalue weighted by Crippen LogP contribution is 2.27. The Balaban J connectivity index is 2.16. The molecule has 1 aromatic rings. The summed E-state index contributed by atoms with van der Waals surface area (Å²) in [7, 11) is 0. The molecule has 5 heteroatoms. The molecule has 2 rings (SSSR count). The van der Waals surface area contributed by atoms with E-state index in [1.165, 1.54) is 6.92 Å². The SMILES string of the molecule is CCCCCCC(OC(C)=O)N1C(=O)c2ccccc2C1=O. The number of ether oxygens (including phenoxy) is 1. The lowest BCUT2D eigenvalue weighted by atomic mass is 10.1. The summed E-state index contributed by atoms with van der Waals surface area (Å²) in [6.45, 7) is 3.39. The lowest BCUT2D eigenvalue weighted by molar-refractivity contribution is -0.152. The number of rotatable bonds is 7. The van der Waals surface area contributed by atoms with Crippen LogP contribution in [0, 0.1) is 0 Å². The molecule has 0 saturated heterocycles.